The van der Waals surface area contributed by atoms with Crippen molar-refractivity contribution in [3.8, 4) is 0 Å². The van der Waals surface area contributed by atoms with Gasteiger partial charge in [-0.2, -0.15) is 0 Å². The van der Waals surface area contributed by atoms with Crippen molar-refractivity contribution >= 4 is 23.6 Å². The summed E-state index contributed by atoms with van der Waals surface area (Å²) in [7, 11) is 0. The molecule has 0 radical (unpaired) electrons. The number of hydrogen-bond acceptors (Lipinski definition) is 3. The number of amides is 2. The molecule has 2 amide bonds. The zero-order valence-electron chi connectivity index (χ0n) is 12.5. The van der Waals surface area contributed by atoms with Gasteiger partial charge in [-0.1, -0.05) is 17.7 Å². The number of aryl methyl sites for hydroxylation is 1. The molecule has 0 bridgehead atoms. The maximum Gasteiger partial charge on any atom is 0.235 e. The molecule has 2 unspecified atom stereocenters. The van der Waals surface area contributed by atoms with Crippen molar-refractivity contribution in [2.45, 2.75) is 36.8 Å². The summed E-state index contributed by atoms with van der Waals surface area (Å²) < 4.78 is 0. The summed E-state index contributed by atoms with van der Waals surface area (Å²) in [5, 5.41) is -0.153. The molecule has 0 spiro atoms. The van der Waals surface area contributed by atoms with Crippen molar-refractivity contribution in [1.29, 1.82) is 0 Å². The molecule has 1 aromatic rings. The third kappa shape index (κ3) is 4.24. The minimum atomic E-state index is -0.300. The van der Waals surface area contributed by atoms with Crippen molar-refractivity contribution in [3.05, 3.63) is 29.8 Å². The van der Waals surface area contributed by atoms with E-state index in [1.165, 1.54) is 5.56 Å². The van der Waals surface area contributed by atoms with Crippen LogP contribution in [0.2, 0.25) is 0 Å². The summed E-state index contributed by atoms with van der Waals surface area (Å²) in [5.74, 6) is -0.405. The maximum absolute atomic E-state index is 12.5. The fraction of sp³-hybridized carbons (Fsp3) is 0.500. The van der Waals surface area contributed by atoms with Gasteiger partial charge in [-0.3, -0.25) is 9.59 Å². The fourth-order valence-corrected chi connectivity index (χ4v) is 3.49. The van der Waals surface area contributed by atoms with Gasteiger partial charge in [-0.05, 0) is 38.8 Å². The summed E-state index contributed by atoms with van der Waals surface area (Å²) in [5.41, 5.74) is 6.57. The molecule has 0 aromatic heterocycles. The molecule has 4 nitrogen and oxygen atoms in total. The number of nitrogens with zero attached hydrogens (tertiary/aromatic N) is 1. The first-order chi connectivity index (χ1) is 9.97. The van der Waals surface area contributed by atoms with Crippen LogP contribution in [0.15, 0.2) is 29.2 Å². The highest BCUT2D eigenvalue weighted by molar-refractivity contribution is 8.00. The number of benzene rings is 1. The lowest BCUT2D eigenvalue weighted by Gasteiger charge is -2.32. The van der Waals surface area contributed by atoms with Gasteiger partial charge >= 0.3 is 0 Å². The van der Waals surface area contributed by atoms with Crippen LogP contribution in [0.25, 0.3) is 0 Å². The van der Waals surface area contributed by atoms with Crippen LogP contribution in [0.4, 0.5) is 0 Å². The molecule has 1 aliphatic heterocycles. The van der Waals surface area contributed by atoms with Crippen molar-refractivity contribution < 1.29 is 9.59 Å². The Kier molecular flexibility index (Phi) is 5.28. The lowest BCUT2D eigenvalue weighted by molar-refractivity contribution is -0.134. The van der Waals surface area contributed by atoms with Crippen LogP contribution in [0.1, 0.15) is 25.3 Å². The monoisotopic (exact) mass is 306 g/mol. The second-order valence-corrected chi connectivity index (χ2v) is 7.01. The number of rotatable bonds is 4. The second-order valence-electron chi connectivity index (χ2n) is 5.60. The van der Waals surface area contributed by atoms with Crippen molar-refractivity contribution in [1.82, 2.24) is 4.90 Å². The topological polar surface area (TPSA) is 63.4 Å². The molecular formula is C16H22N2O2S. The van der Waals surface area contributed by atoms with Gasteiger partial charge in [0.1, 0.15) is 0 Å². The Balaban J connectivity index is 1.95. The van der Waals surface area contributed by atoms with E-state index >= 15 is 0 Å². The van der Waals surface area contributed by atoms with Crippen LogP contribution < -0.4 is 5.73 Å². The first kappa shape index (κ1) is 15.9. The molecule has 21 heavy (non-hydrogen) atoms. The highest BCUT2D eigenvalue weighted by Gasteiger charge is 2.29. The number of hydrogen-bond donors (Lipinski definition) is 1. The lowest BCUT2D eigenvalue weighted by atomic mass is 9.97. The maximum atomic E-state index is 12.5. The number of piperidine rings is 1. The van der Waals surface area contributed by atoms with Crippen LogP contribution >= 0.6 is 11.8 Å². The molecular weight excluding hydrogens is 284 g/mol. The standard InChI is InChI=1S/C16H22N2O2S/c1-11-5-7-14(8-6-11)21-12(2)16(20)18-9-3-4-13(10-18)15(17)19/h5-8,12-13H,3-4,9-10H2,1-2H3,(H2,17,19). The van der Waals surface area contributed by atoms with Crippen LogP contribution in [0, 0.1) is 12.8 Å². The van der Waals surface area contributed by atoms with E-state index in [9.17, 15) is 9.59 Å². The van der Waals surface area contributed by atoms with Gasteiger partial charge in [-0.25, -0.2) is 0 Å². The number of nitrogens with two attached hydrogens (primary N) is 1. The lowest BCUT2D eigenvalue weighted by Crippen LogP contribution is -2.46. The molecule has 2 atom stereocenters. The van der Waals surface area contributed by atoms with Gasteiger partial charge in [0.05, 0.1) is 11.2 Å². The Hall–Kier alpha value is -1.49. The van der Waals surface area contributed by atoms with Gasteiger partial charge in [0.25, 0.3) is 0 Å². The van der Waals surface area contributed by atoms with Gasteiger partial charge in [0, 0.05) is 18.0 Å². The normalized spacial score (nSPS) is 20.1. The zero-order valence-corrected chi connectivity index (χ0v) is 13.4. The SMILES string of the molecule is Cc1ccc(SC(C)C(=O)N2CCCC(C(N)=O)C2)cc1. The summed E-state index contributed by atoms with van der Waals surface area (Å²) in [6.45, 7) is 5.15. The molecule has 1 saturated heterocycles. The minimum absolute atomic E-state index is 0.0894. The molecule has 0 saturated carbocycles. The van der Waals surface area contributed by atoms with Crippen LogP contribution in [-0.4, -0.2) is 35.1 Å². The van der Waals surface area contributed by atoms with Gasteiger partial charge < -0.3 is 10.6 Å². The van der Waals surface area contributed by atoms with E-state index in [1.54, 1.807) is 16.7 Å². The predicted molar refractivity (Wildman–Crippen MR) is 85.0 cm³/mol. The Morgan fingerprint density at radius 1 is 1.33 bits per heavy atom. The molecule has 114 valence electrons. The highest BCUT2D eigenvalue weighted by Crippen LogP contribution is 2.26. The van der Waals surface area contributed by atoms with Gasteiger partial charge in [-0.15, -0.1) is 11.8 Å². The average Bonchev–Trinajstić information content (AvgIpc) is 2.49. The number of carbonyl (C=O) groups excluding carboxylic acids is 2. The summed E-state index contributed by atoms with van der Waals surface area (Å²) in [6, 6.07) is 8.16. The summed E-state index contributed by atoms with van der Waals surface area (Å²) >= 11 is 1.56. The van der Waals surface area contributed by atoms with Gasteiger partial charge in [0.2, 0.25) is 11.8 Å². The quantitative estimate of drug-likeness (QED) is 0.867. The van der Waals surface area contributed by atoms with E-state index < -0.39 is 0 Å². The first-order valence-electron chi connectivity index (χ1n) is 7.29. The minimum Gasteiger partial charge on any atom is -0.369 e. The summed E-state index contributed by atoms with van der Waals surface area (Å²) in [6.07, 6.45) is 1.64. The Labute approximate surface area is 130 Å². The third-order valence-electron chi connectivity index (χ3n) is 3.82. The molecule has 1 heterocycles. The Morgan fingerprint density at radius 3 is 2.62 bits per heavy atom. The first-order valence-corrected chi connectivity index (χ1v) is 8.17. The van der Waals surface area contributed by atoms with Crippen LogP contribution in [0.3, 0.4) is 0 Å². The predicted octanol–water partition coefficient (Wildman–Crippen LogP) is 2.20. The van der Waals surface area contributed by atoms with E-state index in [1.807, 2.05) is 38.1 Å². The second kappa shape index (κ2) is 6.98. The van der Waals surface area contributed by atoms with Crippen molar-refractivity contribution in [3.63, 3.8) is 0 Å². The largest absolute Gasteiger partial charge is 0.369 e. The fourth-order valence-electron chi connectivity index (χ4n) is 2.54. The number of thioether (sulfide) groups is 1. The average molecular weight is 306 g/mol. The van der Waals surface area contributed by atoms with E-state index in [0.29, 0.717) is 6.54 Å². The van der Waals surface area contributed by atoms with E-state index in [4.69, 9.17) is 5.73 Å². The molecule has 2 N–H and O–H groups in total. The molecule has 1 fully saturated rings. The number of likely N-dealkylation sites (tertiary alicyclic amines) is 1. The van der Waals surface area contributed by atoms with Gasteiger partial charge in [0.15, 0.2) is 0 Å². The van der Waals surface area contributed by atoms with E-state index in [2.05, 4.69) is 0 Å². The van der Waals surface area contributed by atoms with Crippen LogP contribution in [-0.2, 0) is 9.59 Å². The molecule has 0 aliphatic carbocycles. The van der Waals surface area contributed by atoms with E-state index in [-0.39, 0.29) is 23.0 Å². The molecule has 5 heteroatoms. The summed E-state index contributed by atoms with van der Waals surface area (Å²) in [4.78, 5) is 26.7. The van der Waals surface area contributed by atoms with Crippen molar-refractivity contribution in [2.24, 2.45) is 11.7 Å². The molecule has 1 aliphatic rings. The van der Waals surface area contributed by atoms with E-state index in [0.717, 1.165) is 24.3 Å². The van der Waals surface area contributed by atoms with Crippen molar-refractivity contribution in [2.75, 3.05) is 13.1 Å². The number of carbonyl (C=O) groups is 2. The smallest absolute Gasteiger partial charge is 0.235 e. The molecule has 2 rings (SSSR count). The molecule has 1 aromatic carbocycles. The number of primary amides is 1. The zero-order chi connectivity index (χ0) is 15.4. The Bertz CT molecular complexity index is 516. The third-order valence-corrected chi connectivity index (χ3v) is 4.92. The van der Waals surface area contributed by atoms with Crippen LogP contribution in [0.5, 0.6) is 0 Å². The Morgan fingerprint density at radius 2 is 2.00 bits per heavy atom. The highest BCUT2D eigenvalue weighted by atomic mass is 32.2.